The molecular weight excluding hydrogens is 524 g/mol. The van der Waals surface area contributed by atoms with Crippen LogP contribution >= 0.6 is 0 Å². The SMILES string of the molecule is N#Cc1ccc(S(=O)(=O)NCC(=O)NC(Cc2ccccc2)C(=O)NC(c2ccccc2)c2ccccc2)cc1. The Morgan fingerprint density at radius 1 is 0.725 bits per heavy atom. The van der Waals surface area contributed by atoms with Gasteiger partial charge < -0.3 is 10.6 Å². The molecule has 4 aromatic carbocycles. The molecule has 40 heavy (non-hydrogen) atoms. The van der Waals surface area contributed by atoms with E-state index in [1.807, 2.05) is 97.1 Å². The van der Waals surface area contributed by atoms with Gasteiger partial charge in [0, 0.05) is 6.42 Å². The summed E-state index contributed by atoms with van der Waals surface area (Å²) in [6.07, 6.45) is 0.205. The molecule has 0 saturated heterocycles. The van der Waals surface area contributed by atoms with Crippen LogP contribution in [0.2, 0.25) is 0 Å². The van der Waals surface area contributed by atoms with Gasteiger partial charge in [-0.05, 0) is 41.0 Å². The zero-order chi connectivity index (χ0) is 28.4. The average molecular weight is 553 g/mol. The van der Waals surface area contributed by atoms with Crippen molar-refractivity contribution >= 4 is 21.8 Å². The third kappa shape index (κ3) is 7.63. The van der Waals surface area contributed by atoms with Gasteiger partial charge in [0.1, 0.15) is 6.04 Å². The Morgan fingerprint density at radius 3 is 1.77 bits per heavy atom. The Kier molecular flexibility index (Phi) is 9.41. The van der Waals surface area contributed by atoms with Crippen LogP contribution in [0.15, 0.2) is 120 Å². The number of carbonyl (C=O) groups excluding carboxylic acids is 2. The third-order valence-electron chi connectivity index (χ3n) is 6.20. The lowest BCUT2D eigenvalue weighted by atomic mass is 9.97. The Labute approximate surface area is 233 Å². The number of sulfonamides is 1. The molecule has 4 rings (SSSR count). The van der Waals surface area contributed by atoms with Crippen LogP contribution < -0.4 is 15.4 Å². The van der Waals surface area contributed by atoms with Crippen molar-refractivity contribution in [2.45, 2.75) is 23.4 Å². The molecule has 0 aromatic heterocycles. The zero-order valence-corrected chi connectivity index (χ0v) is 22.3. The van der Waals surface area contributed by atoms with Crippen LogP contribution in [0.1, 0.15) is 28.3 Å². The molecule has 0 bridgehead atoms. The molecule has 0 saturated carbocycles. The Morgan fingerprint density at radius 2 is 1.25 bits per heavy atom. The first-order valence-corrected chi connectivity index (χ1v) is 14.1. The van der Waals surface area contributed by atoms with Gasteiger partial charge >= 0.3 is 0 Å². The second kappa shape index (κ2) is 13.3. The highest BCUT2D eigenvalue weighted by Crippen LogP contribution is 2.22. The Hall–Kier alpha value is -4.78. The topological polar surface area (TPSA) is 128 Å². The molecule has 0 radical (unpaired) electrons. The van der Waals surface area contributed by atoms with Crippen LogP contribution in [0.5, 0.6) is 0 Å². The number of nitrogens with one attached hydrogen (secondary N) is 3. The quantitative estimate of drug-likeness (QED) is 0.263. The average Bonchev–Trinajstić information content (AvgIpc) is 3.00. The lowest BCUT2D eigenvalue weighted by molar-refractivity contribution is -0.128. The minimum atomic E-state index is -4.01. The highest BCUT2D eigenvalue weighted by atomic mass is 32.2. The summed E-state index contributed by atoms with van der Waals surface area (Å²) in [6.45, 7) is -0.568. The monoisotopic (exact) mass is 552 g/mol. The number of rotatable bonds is 11. The van der Waals surface area contributed by atoms with Crippen LogP contribution in [0, 0.1) is 11.3 Å². The van der Waals surface area contributed by atoms with Crippen LogP contribution in [0.4, 0.5) is 0 Å². The van der Waals surface area contributed by atoms with Crippen molar-refractivity contribution in [1.29, 1.82) is 5.26 Å². The molecule has 3 N–H and O–H groups in total. The first-order valence-electron chi connectivity index (χ1n) is 12.6. The fourth-order valence-electron chi connectivity index (χ4n) is 4.15. The molecule has 0 aliphatic rings. The van der Waals surface area contributed by atoms with Gasteiger partial charge in [-0.3, -0.25) is 9.59 Å². The summed E-state index contributed by atoms with van der Waals surface area (Å²) in [6, 6.07) is 34.1. The minimum Gasteiger partial charge on any atom is -0.343 e. The highest BCUT2D eigenvalue weighted by Gasteiger charge is 2.26. The van der Waals surface area contributed by atoms with E-state index in [0.717, 1.165) is 16.7 Å². The predicted molar refractivity (Wildman–Crippen MR) is 151 cm³/mol. The van der Waals surface area contributed by atoms with E-state index < -0.39 is 40.5 Å². The second-order valence-corrected chi connectivity index (χ2v) is 10.8. The van der Waals surface area contributed by atoms with E-state index in [0.29, 0.717) is 5.56 Å². The van der Waals surface area contributed by atoms with Gasteiger partial charge in [-0.25, -0.2) is 13.1 Å². The molecular formula is C31H28N4O4S. The van der Waals surface area contributed by atoms with Crippen molar-refractivity contribution in [1.82, 2.24) is 15.4 Å². The summed E-state index contributed by atoms with van der Waals surface area (Å²) >= 11 is 0. The minimum absolute atomic E-state index is 0.0774. The zero-order valence-electron chi connectivity index (χ0n) is 21.5. The number of hydrogen-bond donors (Lipinski definition) is 3. The Balaban J connectivity index is 1.51. The highest BCUT2D eigenvalue weighted by molar-refractivity contribution is 7.89. The number of nitriles is 1. The first-order chi connectivity index (χ1) is 19.4. The van der Waals surface area contributed by atoms with E-state index in [4.69, 9.17) is 5.26 Å². The molecule has 0 fully saturated rings. The van der Waals surface area contributed by atoms with Crippen molar-refractivity contribution in [2.24, 2.45) is 0 Å². The molecule has 1 atom stereocenters. The molecule has 0 aliphatic heterocycles. The summed E-state index contributed by atoms with van der Waals surface area (Å²) in [5, 5.41) is 14.7. The smallest absolute Gasteiger partial charge is 0.243 e. The van der Waals surface area contributed by atoms with Crippen molar-refractivity contribution in [3.05, 3.63) is 138 Å². The first kappa shape index (κ1) is 28.2. The van der Waals surface area contributed by atoms with Crippen LogP contribution in [0.3, 0.4) is 0 Å². The molecule has 0 aliphatic carbocycles. The number of carbonyl (C=O) groups is 2. The molecule has 4 aromatic rings. The van der Waals surface area contributed by atoms with Gasteiger partial charge in [0.05, 0.1) is 29.1 Å². The van der Waals surface area contributed by atoms with E-state index in [1.165, 1.54) is 24.3 Å². The summed E-state index contributed by atoms with van der Waals surface area (Å²) in [5.41, 5.74) is 2.90. The second-order valence-electron chi connectivity index (χ2n) is 9.03. The fraction of sp³-hybridized carbons (Fsp3) is 0.129. The van der Waals surface area contributed by atoms with Gasteiger partial charge in [-0.2, -0.15) is 5.26 Å². The molecule has 1 unspecified atom stereocenters. The van der Waals surface area contributed by atoms with Crippen molar-refractivity contribution < 1.29 is 18.0 Å². The van der Waals surface area contributed by atoms with Gasteiger partial charge in [-0.15, -0.1) is 0 Å². The Bertz CT molecular complexity index is 1530. The van der Waals surface area contributed by atoms with Gasteiger partial charge in [0.15, 0.2) is 0 Å². The number of amides is 2. The normalized spacial score (nSPS) is 11.8. The molecule has 2 amide bonds. The van der Waals surface area contributed by atoms with E-state index in [9.17, 15) is 18.0 Å². The molecule has 8 nitrogen and oxygen atoms in total. The predicted octanol–water partition coefficient (Wildman–Crippen LogP) is 3.47. The molecule has 0 heterocycles. The third-order valence-corrected chi connectivity index (χ3v) is 7.62. The van der Waals surface area contributed by atoms with E-state index in [2.05, 4.69) is 15.4 Å². The van der Waals surface area contributed by atoms with Crippen LogP contribution in [0.25, 0.3) is 0 Å². The summed E-state index contributed by atoms with van der Waals surface area (Å²) in [4.78, 5) is 26.4. The van der Waals surface area contributed by atoms with Gasteiger partial charge in [0.2, 0.25) is 21.8 Å². The molecule has 0 spiro atoms. The van der Waals surface area contributed by atoms with Crippen LogP contribution in [-0.2, 0) is 26.0 Å². The van der Waals surface area contributed by atoms with Crippen LogP contribution in [-0.4, -0.2) is 32.8 Å². The summed E-state index contributed by atoms with van der Waals surface area (Å²) in [7, 11) is -4.01. The fourth-order valence-corrected chi connectivity index (χ4v) is 5.13. The molecule has 9 heteroatoms. The lowest BCUT2D eigenvalue weighted by Gasteiger charge is -2.24. The summed E-state index contributed by atoms with van der Waals surface area (Å²) < 4.78 is 27.6. The number of hydrogen-bond acceptors (Lipinski definition) is 5. The van der Waals surface area contributed by atoms with Gasteiger partial charge in [0.25, 0.3) is 0 Å². The summed E-state index contributed by atoms with van der Waals surface area (Å²) in [5.74, 6) is -1.07. The maximum atomic E-state index is 13.6. The standard InChI is InChI=1S/C31H28N4O4S/c32-21-24-16-18-27(19-17-24)40(38,39)33-22-29(36)34-28(20-23-10-4-1-5-11-23)31(37)35-30(25-12-6-2-7-13-25)26-14-8-3-9-15-26/h1-19,28,30,33H,20,22H2,(H,34,36)(H,35,37). The molecule has 202 valence electrons. The van der Waals surface area contributed by atoms with Crippen molar-refractivity contribution in [3.63, 3.8) is 0 Å². The maximum absolute atomic E-state index is 13.6. The number of nitrogens with zero attached hydrogens (tertiary/aromatic N) is 1. The largest absolute Gasteiger partial charge is 0.343 e. The van der Waals surface area contributed by atoms with E-state index >= 15 is 0 Å². The maximum Gasteiger partial charge on any atom is 0.243 e. The van der Waals surface area contributed by atoms with E-state index in [1.54, 1.807) is 0 Å². The lowest BCUT2D eigenvalue weighted by Crippen LogP contribution is -2.51. The van der Waals surface area contributed by atoms with Crippen molar-refractivity contribution in [3.8, 4) is 6.07 Å². The van der Waals surface area contributed by atoms with Crippen molar-refractivity contribution in [2.75, 3.05) is 6.54 Å². The van der Waals surface area contributed by atoms with Gasteiger partial charge in [-0.1, -0.05) is 91.0 Å². The van der Waals surface area contributed by atoms with E-state index in [-0.39, 0.29) is 11.3 Å². The number of benzene rings is 4.